The van der Waals surface area contributed by atoms with Gasteiger partial charge in [-0.15, -0.1) is 0 Å². The summed E-state index contributed by atoms with van der Waals surface area (Å²) >= 11 is 6.27. The zero-order valence-corrected chi connectivity index (χ0v) is 24.8. The number of carbonyl (C=O) groups excluding carboxylic acids is 2. The highest BCUT2D eigenvalue weighted by atomic mass is 35.5. The fourth-order valence-electron chi connectivity index (χ4n) is 6.81. The fourth-order valence-corrected chi connectivity index (χ4v) is 6.99. The lowest BCUT2D eigenvalue weighted by atomic mass is 9.63. The number of aryl methyl sites for hydroxylation is 1. The molecule has 8 nitrogen and oxygen atoms in total. The van der Waals surface area contributed by atoms with Crippen molar-refractivity contribution in [3.8, 4) is 5.75 Å². The lowest BCUT2D eigenvalue weighted by Gasteiger charge is -2.38. The van der Waals surface area contributed by atoms with Crippen LogP contribution in [0.15, 0.2) is 48.7 Å². The van der Waals surface area contributed by atoms with Crippen LogP contribution in [0.5, 0.6) is 5.75 Å². The first-order valence-electron chi connectivity index (χ1n) is 13.7. The quantitative estimate of drug-likeness (QED) is 0.297. The summed E-state index contributed by atoms with van der Waals surface area (Å²) < 4.78 is 21.3. The number of fused-ring (bicyclic) bond motifs is 2. The second-order valence-electron chi connectivity index (χ2n) is 12.4. The summed E-state index contributed by atoms with van der Waals surface area (Å²) in [5.74, 6) is -4.62. The number of aromatic carboxylic acids is 1. The molecule has 3 N–H and O–H groups in total. The lowest BCUT2D eigenvalue weighted by Crippen LogP contribution is -2.45. The number of carboxylic acids is 1. The van der Waals surface area contributed by atoms with E-state index in [4.69, 9.17) is 21.3 Å². The first-order valence-corrected chi connectivity index (χ1v) is 14.1. The number of halogens is 2. The average Bonchev–Trinajstić information content (AvgIpc) is 3.39. The molecule has 1 aromatic heterocycles. The topological polar surface area (TPSA) is 118 Å². The second kappa shape index (κ2) is 10.7. The Labute approximate surface area is 248 Å². The van der Waals surface area contributed by atoms with Crippen LogP contribution in [0.25, 0.3) is 0 Å². The van der Waals surface area contributed by atoms with Crippen LogP contribution in [0, 0.1) is 30.0 Å². The number of rotatable bonds is 6. The zero-order chi connectivity index (χ0) is 30.6. The SMILES string of the molecule is COc1cc(C(=O)O)ccc1NC(=O)[C@@H]1C[C@@H](CC(C)(C)C)[C@@]2(C(=O)Nc3cc(C)cnc32)[C@H]1c1cccc(Cl)c1F. The summed E-state index contributed by atoms with van der Waals surface area (Å²) in [6, 6.07) is 10.6. The molecule has 1 saturated carbocycles. The van der Waals surface area contributed by atoms with Gasteiger partial charge in [0.1, 0.15) is 17.0 Å². The third-order valence-electron chi connectivity index (χ3n) is 8.33. The number of carboxylic acid groups (broad SMARTS) is 1. The Morgan fingerprint density at radius 3 is 2.64 bits per heavy atom. The van der Waals surface area contributed by atoms with Gasteiger partial charge in [0, 0.05) is 18.0 Å². The van der Waals surface area contributed by atoms with Crippen molar-refractivity contribution in [2.45, 2.75) is 51.9 Å². The molecule has 5 rings (SSSR count). The van der Waals surface area contributed by atoms with E-state index in [0.29, 0.717) is 17.8 Å². The molecule has 42 heavy (non-hydrogen) atoms. The van der Waals surface area contributed by atoms with Gasteiger partial charge in [-0.05, 0) is 72.6 Å². The monoisotopic (exact) mass is 593 g/mol. The van der Waals surface area contributed by atoms with Crippen molar-refractivity contribution in [1.29, 1.82) is 0 Å². The van der Waals surface area contributed by atoms with Crippen molar-refractivity contribution in [3.05, 3.63) is 81.9 Å². The van der Waals surface area contributed by atoms with Crippen molar-refractivity contribution >= 4 is 40.8 Å². The molecule has 2 aromatic carbocycles. The Morgan fingerprint density at radius 2 is 1.98 bits per heavy atom. The van der Waals surface area contributed by atoms with E-state index < -0.39 is 34.9 Å². The van der Waals surface area contributed by atoms with Crippen molar-refractivity contribution in [2.24, 2.45) is 17.3 Å². The molecule has 2 amide bonds. The number of anilines is 2. The molecule has 1 aliphatic carbocycles. The van der Waals surface area contributed by atoms with Crippen LogP contribution in [0.2, 0.25) is 5.02 Å². The third kappa shape index (κ3) is 4.89. The van der Waals surface area contributed by atoms with Crippen LogP contribution in [-0.4, -0.2) is 35.0 Å². The number of methoxy groups -OCH3 is 1. The molecular formula is C32H33ClFN3O5. The molecule has 220 valence electrons. The Hall–Kier alpha value is -3.98. The van der Waals surface area contributed by atoms with Gasteiger partial charge in [0.15, 0.2) is 0 Å². The van der Waals surface area contributed by atoms with E-state index >= 15 is 4.39 Å². The first kappa shape index (κ1) is 29.5. The van der Waals surface area contributed by atoms with Gasteiger partial charge in [0.05, 0.1) is 34.8 Å². The van der Waals surface area contributed by atoms with Gasteiger partial charge in [-0.25, -0.2) is 9.18 Å². The normalized spacial score (nSPS) is 23.0. The van der Waals surface area contributed by atoms with Crippen LogP contribution in [0.1, 0.15) is 66.7 Å². The number of hydrogen-bond acceptors (Lipinski definition) is 5. The van der Waals surface area contributed by atoms with Crippen LogP contribution >= 0.6 is 11.6 Å². The van der Waals surface area contributed by atoms with Gasteiger partial charge in [0.2, 0.25) is 11.8 Å². The predicted molar refractivity (Wildman–Crippen MR) is 158 cm³/mol. The van der Waals surface area contributed by atoms with Crippen LogP contribution < -0.4 is 15.4 Å². The second-order valence-corrected chi connectivity index (χ2v) is 12.8. The van der Waals surface area contributed by atoms with E-state index in [0.717, 1.165) is 5.56 Å². The van der Waals surface area contributed by atoms with Crippen molar-refractivity contribution < 1.29 is 28.6 Å². The van der Waals surface area contributed by atoms with Crippen molar-refractivity contribution in [3.63, 3.8) is 0 Å². The van der Waals surface area contributed by atoms with E-state index in [1.165, 1.54) is 31.4 Å². The minimum absolute atomic E-state index is 0.00520. The van der Waals surface area contributed by atoms with Gasteiger partial charge in [-0.3, -0.25) is 14.6 Å². The first-order chi connectivity index (χ1) is 19.8. The molecule has 1 fully saturated rings. The molecule has 0 radical (unpaired) electrons. The number of hydrogen-bond donors (Lipinski definition) is 3. The Bertz CT molecular complexity index is 1600. The van der Waals surface area contributed by atoms with E-state index in [1.54, 1.807) is 18.3 Å². The molecule has 1 aliphatic heterocycles. The minimum Gasteiger partial charge on any atom is -0.495 e. The highest BCUT2D eigenvalue weighted by molar-refractivity contribution is 6.30. The number of ether oxygens (including phenoxy) is 1. The minimum atomic E-state index is -1.35. The Balaban J connectivity index is 1.70. The van der Waals surface area contributed by atoms with E-state index in [9.17, 15) is 19.5 Å². The largest absolute Gasteiger partial charge is 0.495 e. The summed E-state index contributed by atoms with van der Waals surface area (Å²) in [5.41, 5.74) is 0.746. The van der Waals surface area contributed by atoms with Gasteiger partial charge in [0.25, 0.3) is 0 Å². The maximum atomic E-state index is 15.9. The molecule has 0 unspecified atom stereocenters. The molecule has 2 heterocycles. The van der Waals surface area contributed by atoms with E-state index in [1.807, 2.05) is 13.0 Å². The Morgan fingerprint density at radius 1 is 1.24 bits per heavy atom. The highest BCUT2D eigenvalue weighted by Crippen LogP contribution is 2.63. The number of pyridine rings is 1. The molecule has 0 saturated heterocycles. The molecule has 3 aromatic rings. The molecule has 2 aliphatic rings. The van der Waals surface area contributed by atoms with Crippen LogP contribution in [0.3, 0.4) is 0 Å². The summed E-state index contributed by atoms with van der Waals surface area (Å²) in [5, 5.41) is 15.2. The summed E-state index contributed by atoms with van der Waals surface area (Å²) in [6.07, 6.45) is 2.52. The molecule has 4 atom stereocenters. The van der Waals surface area contributed by atoms with Gasteiger partial charge < -0.3 is 20.5 Å². The highest BCUT2D eigenvalue weighted by Gasteiger charge is 2.67. The number of nitrogens with one attached hydrogen (secondary N) is 2. The number of nitrogens with zero attached hydrogens (tertiary/aromatic N) is 1. The standard InChI is InChI=1S/C32H33ClFN3O5/c1-16-11-23-27(35-15-16)32(30(41)37-23)18(14-31(2,3)4)13-20(25(32)19-7-6-8-21(33)26(19)34)28(38)36-22-10-9-17(29(39)40)12-24(22)42-5/h6-12,15,18,20,25H,13-14H2,1-5H3,(H,36,38)(H,37,41)(H,39,40)/t18-,20+,25-,32+/m0/s1. The smallest absolute Gasteiger partial charge is 0.335 e. The fraction of sp³-hybridized carbons (Fsp3) is 0.375. The maximum Gasteiger partial charge on any atom is 0.335 e. The summed E-state index contributed by atoms with van der Waals surface area (Å²) in [7, 11) is 1.37. The van der Waals surface area contributed by atoms with Gasteiger partial charge in [-0.1, -0.05) is 44.5 Å². The summed E-state index contributed by atoms with van der Waals surface area (Å²) in [6.45, 7) is 8.07. The molecular weight excluding hydrogens is 561 g/mol. The van der Waals surface area contributed by atoms with Crippen LogP contribution in [-0.2, 0) is 15.0 Å². The van der Waals surface area contributed by atoms with E-state index in [2.05, 4.69) is 31.4 Å². The average molecular weight is 594 g/mol. The Kier molecular flexibility index (Phi) is 7.51. The predicted octanol–water partition coefficient (Wildman–Crippen LogP) is 6.57. The van der Waals surface area contributed by atoms with E-state index in [-0.39, 0.29) is 51.2 Å². The van der Waals surface area contributed by atoms with Gasteiger partial charge >= 0.3 is 5.97 Å². The molecule has 0 bridgehead atoms. The zero-order valence-electron chi connectivity index (χ0n) is 24.0. The van der Waals surface area contributed by atoms with Crippen molar-refractivity contribution in [1.82, 2.24) is 4.98 Å². The molecule has 1 spiro atoms. The van der Waals surface area contributed by atoms with Gasteiger partial charge in [-0.2, -0.15) is 0 Å². The number of amides is 2. The van der Waals surface area contributed by atoms with Crippen LogP contribution in [0.4, 0.5) is 15.8 Å². The number of carbonyl (C=O) groups is 3. The third-order valence-corrected chi connectivity index (χ3v) is 8.63. The number of aromatic nitrogens is 1. The maximum absolute atomic E-state index is 15.9. The van der Waals surface area contributed by atoms with Crippen molar-refractivity contribution in [2.75, 3.05) is 17.7 Å². The molecule has 10 heteroatoms. The summed E-state index contributed by atoms with van der Waals surface area (Å²) in [4.78, 5) is 44.7. The number of benzene rings is 2. The lowest BCUT2D eigenvalue weighted by molar-refractivity contribution is -0.123.